The summed E-state index contributed by atoms with van der Waals surface area (Å²) >= 11 is 0. The first kappa shape index (κ1) is 15.9. The number of carbonyl (C=O) groups is 1. The number of hydrogen-bond donors (Lipinski definition) is 2. The number of nitrogens with zero attached hydrogens (tertiary/aromatic N) is 1. The van der Waals surface area contributed by atoms with Crippen LogP contribution in [-0.2, 0) is 11.2 Å². The molecule has 2 aromatic heterocycles. The number of ether oxygens (including phenoxy) is 1. The fourth-order valence-electron chi connectivity index (χ4n) is 2.72. The van der Waals surface area contributed by atoms with Gasteiger partial charge in [0, 0.05) is 17.8 Å². The molecule has 0 spiro atoms. The lowest BCUT2D eigenvalue weighted by Gasteiger charge is -2.07. The van der Waals surface area contributed by atoms with E-state index < -0.39 is 0 Å². The number of pyridine rings is 1. The largest absolute Gasteiger partial charge is 0.439 e. The predicted octanol–water partition coefficient (Wildman–Crippen LogP) is 4.54. The number of amides is 1. The summed E-state index contributed by atoms with van der Waals surface area (Å²) in [6, 6.07) is 20.9. The van der Waals surface area contributed by atoms with Gasteiger partial charge in [0.1, 0.15) is 5.75 Å². The maximum absolute atomic E-state index is 12.3. The number of nitrogens with one attached hydrogen (secondary N) is 2. The molecule has 0 saturated carbocycles. The van der Waals surface area contributed by atoms with Crippen molar-refractivity contribution in [3.63, 3.8) is 0 Å². The molecule has 0 aliphatic carbocycles. The molecule has 0 bridgehead atoms. The molecule has 5 heteroatoms. The fourth-order valence-corrected chi connectivity index (χ4v) is 2.72. The minimum atomic E-state index is -0.0885. The maximum Gasteiger partial charge on any atom is 0.228 e. The Kier molecular flexibility index (Phi) is 4.35. The highest BCUT2D eigenvalue weighted by molar-refractivity contribution is 5.92. The first-order valence-corrected chi connectivity index (χ1v) is 8.31. The average Bonchev–Trinajstić information content (AvgIpc) is 3.12. The molecule has 5 nitrogen and oxygen atoms in total. The van der Waals surface area contributed by atoms with Crippen LogP contribution in [0.3, 0.4) is 0 Å². The highest BCUT2D eigenvalue weighted by Crippen LogP contribution is 2.20. The zero-order valence-corrected chi connectivity index (χ0v) is 14.0. The summed E-state index contributed by atoms with van der Waals surface area (Å²) in [7, 11) is 0. The number of H-pyrrole nitrogens is 1. The molecule has 0 unspecified atom stereocenters. The van der Waals surface area contributed by atoms with Crippen LogP contribution >= 0.6 is 0 Å². The van der Waals surface area contributed by atoms with E-state index in [4.69, 9.17) is 4.74 Å². The van der Waals surface area contributed by atoms with E-state index >= 15 is 0 Å². The Morgan fingerprint density at radius 3 is 2.73 bits per heavy atom. The van der Waals surface area contributed by atoms with E-state index in [1.54, 1.807) is 18.3 Å². The molecule has 2 aromatic carbocycles. The normalized spacial score (nSPS) is 10.6. The molecular weight excluding hydrogens is 326 g/mol. The molecule has 0 aliphatic heterocycles. The van der Waals surface area contributed by atoms with Gasteiger partial charge in [0.05, 0.1) is 18.3 Å². The van der Waals surface area contributed by atoms with Crippen molar-refractivity contribution in [1.82, 2.24) is 9.97 Å². The summed E-state index contributed by atoms with van der Waals surface area (Å²) in [5, 5.41) is 3.99. The van der Waals surface area contributed by atoms with E-state index in [1.807, 2.05) is 60.8 Å². The minimum absolute atomic E-state index is 0.0885. The van der Waals surface area contributed by atoms with Gasteiger partial charge in [0.25, 0.3) is 0 Å². The van der Waals surface area contributed by atoms with Crippen molar-refractivity contribution in [2.45, 2.75) is 6.42 Å². The van der Waals surface area contributed by atoms with Gasteiger partial charge in [0.15, 0.2) is 0 Å². The molecule has 0 radical (unpaired) electrons. The second-order valence-corrected chi connectivity index (χ2v) is 5.92. The van der Waals surface area contributed by atoms with Gasteiger partial charge in [-0.15, -0.1) is 0 Å². The van der Waals surface area contributed by atoms with Crippen LogP contribution in [0.4, 0.5) is 5.69 Å². The van der Waals surface area contributed by atoms with E-state index in [2.05, 4.69) is 15.3 Å². The molecule has 0 fully saturated rings. The van der Waals surface area contributed by atoms with Gasteiger partial charge in [-0.2, -0.15) is 0 Å². The molecule has 128 valence electrons. The highest BCUT2D eigenvalue weighted by atomic mass is 16.5. The number of hydrogen-bond acceptors (Lipinski definition) is 3. The lowest BCUT2D eigenvalue weighted by atomic mass is 10.1. The van der Waals surface area contributed by atoms with Crippen molar-refractivity contribution >= 4 is 22.5 Å². The van der Waals surface area contributed by atoms with Crippen LogP contribution in [0.15, 0.2) is 79.1 Å². The Morgan fingerprint density at radius 1 is 1.04 bits per heavy atom. The Labute approximate surface area is 150 Å². The fraction of sp³-hybridized carbons (Fsp3) is 0.0476. The van der Waals surface area contributed by atoms with Crippen LogP contribution in [-0.4, -0.2) is 15.9 Å². The molecular formula is C21H17N3O2. The van der Waals surface area contributed by atoms with E-state index in [-0.39, 0.29) is 5.91 Å². The van der Waals surface area contributed by atoms with Crippen LogP contribution in [0.5, 0.6) is 11.6 Å². The van der Waals surface area contributed by atoms with E-state index in [0.717, 1.165) is 22.2 Å². The third kappa shape index (κ3) is 3.72. The van der Waals surface area contributed by atoms with Crippen molar-refractivity contribution in [2.24, 2.45) is 0 Å². The molecule has 4 rings (SSSR count). The number of fused-ring (bicyclic) bond motifs is 1. The second-order valence-electron chi connectivity index (χ2n) is 5.92. The number of para-hydroxylation sites is 1. The molecule has 26 heavy (non-hydrogen) atoms. The van der Waals surface area contributed by atoms with Crippen molar-refractivity contribution in [3.8, 4) is 11.6 Å². The number of carbonyl (C=O) groups excluding carboxylic acids is 1. The monoisotopic (exact) mass is 343 g/mol. The SMILES string of the molecule is O=C(Cc1ccc2cc[nH]c2c1)Nc1ccc(Oc2ccccc2)nc1. The van der Waals surface area contributed by atoms with Crippen LogP contribution in [0.25, 0.3) is 10.9 Å². The highest BCUT2D eigenvalue weighted by Gasteiger charge is 2.06. The van der Waals surface area contributed by atoms with E-state index in [9.17, 15) is 4.79 Å². The summed E-state index contributed by atoms with van der Waals surface area (Å²) in [5.41, 5.74) is 2.62. The van der Waals surface area contributed by atoms with Crippen LogP contribution in [0.2, 0.25) is 0 Å². The molecule has 1 amide bonds. The summed E-state index contributed by atoms with van der Waals surface area (Å²) < 4.78 is 5.64. The second kappa shape index (κ2) is 7.11. The van der Waals surface area contributed by atoms with Gasteiger partial charge in [-0.3, -0.25) is 4.79 Å². The number of aromatic nitrogens is 2. The topological polar surface area (TPSA) is 67.0 Å². The molecule has 2 heterocycles. The molecule has 0 saturated heterocycles. The molecule has 0 aliphatic rings. The van der Waals surface area contributed by atoms with Crippen molar-refractivity contribution in [2.75, 3.05) is 5.32 Å². The van der Waals surface area contributed by atoms with Gasteiger partial charge in [-0.05, 0) is 41.3 Å². The zero-order chi connectivity index (χ0) is 17.8. The smallest absolute Gasteiger partial charge is 0.228 e. The Hall–Kier alpha value is -3.60. The van der Waals surface area contributed by atoms with Gasteiger partial charge in [-0.25, -0.2) is 4.98 Å². The zero-order valence-electron chi connectivity index (χ0n) is 14.0. The standard InChI is InChI=1S/C21H17N3O2/c25-20(13-15-6-7-16-10-11-22-19(16)12-15)24-17-8-9-21(23-14-17)26-18-4-2-1-3-5-18/h1-12,14,22H,13H2,(H,24,25). The van der Waals surface area contributed by atoms with Gasteiger partial charge in [0.2, 0.25) is 11.8 Å². The maximum atomic E-state index is 12.3. The van der Waals surface area contributed by atoms with Crippen molar-refractivity contribution in [3.05, 3.63) is 84.7 Å². The van der Waals surface area contributed by atoms with Crippen LogP contribution < -0.4 is 10.1 Å². The Morgan fingerprint density at radius 2 is 1.92 bits per heavy atom. The quantitative estimate of drug-likeness (QED) is 0.559. The summed E-state index contributed by atoms with van der Waals surface area (Å²) in [4.78, 5) is 19.6. The number of aromatic amines is 1. The van der Waals surface area contributed by atoms with Crippen molar-refractivity contribution < 1.29 is 9.53 Å². The Bertz CT molecular complexity index is 1020. The third-order valence-corrected chi connectivity index (χ3v) is 3.97. The number of anilines is 1. The van der Waals surface area contributed by atoms with Gasteiger partial charge in [-0.1, -0.05) is 30.3 Å². The van der Waals surface area contributed by atoms with Gasteiger partial charge >= 0.3 is 0 Å². The number of rotatable bonds is 5. The van der Waals surface area contributed by atoms with E-state index in [0.29, 0.717) is 18.0 Å². The number of benzene rings is 2. The first-order valence-electron chi connectivity index (χ1n) is 8.31. The van der Waals surface area contributed by atoms with Crippen LogP contribution in [0, 0.1) is 0 Å². The van der Waals surface area contributed by atoms with Gasteiger partial charge < -0.3 is 15.0 Å². The Balaban J connectivity index is 1.38. The van der Waals surface area contributed by atoms with Crippen LogP contribution in [0.1, 0.15) is 5.56 Å². The van der Waals surface area contributed by atoms with Crippen molar-refractivity contribution in [1.29, 1.82) is 0 Å². The lowest BCUT2D eigenvalue weighted by molar-refractivity contribution is -0.115. The molecule has 0 atom stereocenters. The molecule has 2 N–H and O–H groups in total. The minimum Gasteiger partial charge on any atom is -0.439 e. The predicted molar refractivity (Wildman–Crippen MR) is 101 cm³/mol. The summed E-state index contributed by atoms with van der Waals surface area (Å²) in [6.07, 6.45) is 3.78. The summed E-state index contributed by atoms with van der Waals surface area (Å²) in [6.45, 7) is 0. The third-order valence-electron chi connectivity index (χ3n) is 3.97. The summed E-state index contributed by atoms with van der Waals surface area (Å²) in [5.74, 6) is 1.11. The average molecular weight is 343 g/mol. The first-order chi connectivity index (χ1) is 12.8. The lowest BCUT2D eigenvalue weighted by Crippen LogP contribution is -2.14. The van der Waals surface area contributed by atoms with E-state index in [1.165, 1.54) is 0 Å². The molecule has 4 aromatic rings.